The van der Waals surface area contributed by atoms with Gasteiger partial charge in [-0.3, -0.25) is 4.79 Å². The largest absolute Gasteiger partial charge is 0.461 e. The molecule has 5 rings (SSSR count). The number of piperazine rings is 1. The van der Waals surface area contributed by atoms with Crippen molar-refractivity contribution < 1.29 is 13.6 Å². The predicted molar refractivity (Wildman–Crippen MR) is 107 cm³/mol. The summed E-state index contributed by atoms with van der Waals surface area (Å²) in [7, 11) is 0. The lowest BCUT2D eigenvalue weighted by Crippen LogP contribution is -2.49. The summed E-state index contributed by atoms with van der Waals surface area (Å²) in [4.78, 5) is 16.5. The summed E-state index contributed by atoms with van der Waals surface area (Å²) in [6, 6.07) is 13.8. The maximum Gasteiger partial charge on any atom is 0.227 e. The number of benzene rings is 1. The molecule has 0 atom stereocenters. The van der Waals surface area contributed by atoms with Crippen LogP contribution in [0.2, 0.25) is 0 Å². The van der Waals surface area contributed by atoms with Crippen molar-refractivity contribution >= 4 is 17.4 Å². The van der Waals surface area contributed by atoms with Gasteiger partial charge in [0, 0.05) is 26.2 Å². The van der Waals surface area contributed by atoms with Crippen LogP contribution >= 0.6 is 0 Å². The second-order valence-electron chi connectivity index (χ2n) is 7.10. The highest BCUT2D eigenvalue weighted by Gasteiger charge is 2.23. The van der Waals surface area contributed by atoms with Crippen molar-refractivity contribution in [1.82, 2.24) is 24.7 Å². The Balaban J connectivity index is 1.28. The lowest BCUT2D eigenvalue weighted by atomic mass is 10.1. The number of furan rings is 1. The topological polar surface area (TPSA) is 79.8 Å². The molecule has 0 bridgehead atoms. The summed E-state index contributed by atoms with van der Waals surface area (Å²) in [5.74, 6) is 1.49. The van der Waals surface area contributed by atoms with Crippen molar-refractivity contribution in [3.05, 3.63) is 66.2 Å². The van der Waals surface area contributed by atoms with Gasteiger partial charge < -0.3 is 14.2 Å². The number of amides is 1. The smallest absolute Gasteiger partial charge is 0.227 e. The average Bonchev–Trinajstić information content (AvgIpc) is 3.44. The maximum absolute atomic E-state index is 13.8. The van der Waals surface area contributed by atoms with Crippen LogP contribution in [-0.4, -0.2) is 56.8 Å². The molecule has 1 amide bonds. The maximum atomic E-state index is 13.8. The number of carbonyl (C=O) groups is 1. The van der Waals surface area contributed by atoms with Crippen molar-refractivity contribution in [3.8, 4) is 11.6 Å². The summed E-state index contributed by atoms with van der Waals surface area (Å²) >= 11 is 0. The Morgan fingerprint density at radius 2 is 1.83 bits per heavy atom. The minimum atomic E-state index is -0.344. The zero-order valence-corrected chi connectivity index (χ0v) is 16.1. The molecule has 0 N–H and O–H groups in total. The van der Waals surface area contributed by atoms with E-state index in [4.69, 9.17) is 4.42 Å². The van der Waals surface area contributed by atoms with E-state index in [2.05, 4.69) is 20.2 Å². The van der Waals surface area contributed by atoms with Crippen molar-refractivity contribution in [1.29, 1.82) is 0 Å². The van der Waals surface area contributed by atoms with Crippen LogP contribution in [0.25, 0.3) is 17.2 Å². The summed E-state index contributed by atoms with van der Waals surface area (Å²) in [5.41, 5.74) is 1.05. The van der Waals surface area contributed by atoms with Crippen LogP contribution < -0.4 is 4.90 Å². The van der Waals surface area contributed by atoms with Crippen LogP contribution in [0.15, 0.2) is 59.2 Å². The number of rotatable bonds is 4. The second-order valence-corrected chi connectivity index (χ2v) is 7.10. The van der Waals surface area contributed by atoms with Gasteiger partial charge in [0.1, 0.15) is 11.6 Å². The van der Waals surface area contributed by atoms with Gasteiger partial charge in [-0.1, -0.05) is 18.2 Å². The second kappa shape index (κ2) is 7.58. The molecule has 4 heterocycles. The first-order valence-corrected chi connectivity index (χ1v) is 9.71. The Morgan fingerprint density at radius 1 is 1.00 bits per heavy atom. The highest BCUT2D eigenvalue weighted by atomic mass is 19.1. The fourth-order valence-electron chi connectivity index (χ4n) is 3.61. The molecular formula is C21H19FN6O2. The van der Waals surface area contributed by atoms with E-state index in [1.807, 2.05) is 18.2 Å². The third kappa shape index (κ3) is 3.38. The van der Waals surface area contributed by atoms with Crippen LogP contribution in [0.4, 0.5) is 10.2 Å². The van der Waals surface area contributed by atoms with Gasteiger partial charge in [-0.25, -0.2) is 4.39 Å². The van der Waals surface area contributed by atoms with Gasteiger partial charge in [-0.15, -0.1) is 15.3 Å². The van der Waals surface area contributed by atoms with Gasteiger partial charge in [0.2, 0.25) is 11.7 Å². The quantitative estimate of drug-likeness (QED) is 0.518. The molecule has 9 heteroatoms. The van der Waals surface area contributed by atoms with Crippen LogP contribution in [0.1, 0.15) is 5.56 Å². The van der Waals surface area contributed by atoms with Gasteiger partial charge in [0.25, 0.3) is 0 Å². The molecule has 4 aromatic rings. The first-order chi connectivity index (χ1) is 14.7. The van der Waals surface area contributed by atoms with Crippen LogP contribution in [0.3, 0.4) is 0 Å². The van der Waals surface area contributed by atoms with E-state index >= 15 is 0 Å². The molecule has 0 saturated carbocycles. The third-order valence-electron chi connectivity index (χ3n) is 5.25. The van der Waals surface area contributed by atoms with E-state index in [9.17, 15) is 9.18 Å². The zero-order chi connectivity index (χ0) is 20.5. The Morgan fingerprint density at radius 3 is 2.60 bits per heavy atom. The van der Waals surface area contributed by atoms with Gasteiger partial charge >= 0.3 is 0 Å². The minimum Gasteiger partial charge on any atom is -0.461 e. The number of nitrogens with zero attached hydrogens (tertiary/aromatic N) is 6. The summed E-state index contributed by atoms with van der Waals surface area (Å²) in [6.07, 6.45) is 1.65. The average molecular weight is 406 g/mol. The zero-order valence-electron chi connectivity index (χ0n) is 16.1. The first-order valence-electron chi connectivity index (χ1n) is 9.71. The highest BCUT2D eigenvalue weighted by molar-refractivity contribution is 5.79. The Kier molecular flexibility index (Phi) is 4.62. The van der Waals surface area contributed by atoms with E-state index in [1.165, 1.54) is 6.07 Å². The molecule has 0 aliphatic carbocycles. The lowest BCUT2D eigenvalue weighted by molar-refractivity contribution is -0.130. The first kappa shape index (κ1) is 18.3. The molecule has 1 aromatic carbocycles. The van der Waals surface area contributed by atoms with Crippen LogP contribution in [0, 0.1) is 5.82 Å². The molecule has 0 spiro atoms. The fraction of sp³-hybridized carbons (Fsp3) is 0.238. The Labute approximate surface area is 171 Å². The molecular weight excluding hydrogens is 387 g/mol. The van der Waals surface area contributed by atoms with Crippen molar-refractivity contribution in [2.45, 2.75) is 6.42 Å². The molecule has 30 heavy (non-hydrogen) atoms. The molecule has 152 valence electrons. The van der Waals surface area contributed by atoms with Crippen LogP contribution in [0.5, 0.6) is 0 Å². The third-order valence-corrected chi connectivity index (χ3v) is 5.25. The molecule has 8 nitrogen and oxygen atoms in total. The Bertz CT molecular complexity index is 1180. The number of aromatic nitrogens is 4. The monoisotopic (exact) mass is 406 g/mol. The molecule has 1 aliphatic rings. The normalized spacial score (nSPS) is 14.4. The standard InChI is InChI=1S/C21H19FN6O2/c22-16-5-2-1-4-15(16)14-20(29)27-11-9-26(10-12-27)19-8-7-18-23-24-21(28(18)25-19)17-6-3-13-30-17/h1-8,13H,9-12,14H2. The number of anilines is 1. The van der Waals surface area contributed by atoms with Crippen molar-refractivity contribution in [2.24, 2.45) is 0 Å². The summed E-state index contributed by atoms with van der Waals surface area (Å²) < 4.78 is 20.9. The van der Waals surface area contributed by atoms with Crippen molar-refractivity contribution in [2.75, 3.05) is 31.1 Å². The van der Waals surface area contributed by atoms with Crippen LogP contribution in [-0.2, 0) is 11.2 Å². The molecule has 0 radical (unpaired) electrons. The van der Waals surface area contributed by atoms with E-state index < -0.39 is 0 Å². The minimum absolute atomic E-state index is 0.0675. The molecule has 1 fully saturated rings. The SMILES string of the molecule is O=C(Cc1ccccc1F)N1CCN(c2ccc3nnc(-c4ccco4)n3n2)CC1. The number of carbonyl (C=O) groups excluding carboxylic acids is 1. The van der Waals surface area contributed by atoms with E-state index in [0.717, 1.165) is 5.82 Å². The van der Waals surface area contributed by atoms with E-state index in [-0.39, 0.29) is 18.1 Å². The summed E-state index contributed by atoms with van der Waals surface area (Å²) in [5, 5.41) is 13.0. The lowest BCUT2D eigenvalue weighted by Gasteiger charge is -2.35. The molecule has 1 aliphatic heterocycles. The number of hydrogen-bond acceptors (Lipinski definition) is 6. The Hall–Kier alpha value is -3.75. The molecule has 0 unspecified atom stereocenters. The number of halogens is 1. The van der Waals surface area contributed by atoms with Crippen molar-refractivity contribution in [3.63, 3.8) is 0 Å². The van der Waals surface area contributed by atoms with Gasteiger partial charge in [0.15, 0.2) is 11.4 Å². The van der Waals surface area contributed by atoms with E-state index in [1.54, 1.807) is 39.9 Å². The number of hydrogen-bond donors (Lipinski definition) is 0. The van der Waals surface area contributed by atoms with E-state index in [0.29, 0.717) is 49.0 Å². The summed E-state index contributed by atoms with van der Waals surface area (Å²) in [6.45, 7) is 2.39. The molecule has 3 aromatic heterocycles. The van der Waals surface area contributed by atoms with Gasteiger partial charge in [-0.2, -0.15) is 4.52 Å². The van der Waals surface area contributed by atoms with Gasteiger partial charge in [-0.05, 0) is 35.9 Å². The number of fused-ring (bicyclic) bond motifs is 1. The molecule has 1 saturated heterocycles. The predicted octanol–water partition coefficient (Wildman–Crippen LogP) is 2.41. The highest BCUT2D eigenvalue weighted by Crippen LogP contribution is 2.21. The fourth-order valence-corrected chi connectivity index (χ4v) is 3.61. The van der Waals surface area contributed by atoms with Gasteiger partial charge in [0.05, 0.1) is 12.7 Å².